The first kappa shape index (κ1) is 15.0. The van der Waals surface area contributed by atoms with Crippen LogP contribution in [0, 0.1) is 17.1 Å². The molecule has 0 amide bonds. The highest BCUT2D eigenvalue weighted by molar-refractivity contribution is 6.61. The average molecular weight is 276 g/mol. The molecule has 1 aromatic heterocycles. The quantitative estimate of drug-likeness (QED) is 0.776. The topological polar surface area (TPSA) is 55.1 Å². The number of pyridine rings is 1. The molecule has 0 radical (unpaired) electrons. The second kappa shape index (κ2) is 4.83. The number of nitriles is 1. The minimum absolute atomic E-state index is 0.470. The van der Waals surface area contributed by atoms with E-state index in [0.717, 1.165) is 6.20 Å². The number of hydrogen-bond acceptors (Lipinski definition) is 4. The van der Waals surface area contributed by atoms with Gasteiger partial charge >= 0.3 is 7.12 Å². The Morgan fingerprint density at radius 3 is 2.35 bits per heavy atom. The average Bonchev–Trinajstić information content (AvgIpc) is 2.57. The van der Waals surface area contributed by atoms with Crippen molar-refractivity contribution in [1.29, 1.82) is 5.26 Å². The van der Waals surface area contributed by atoms with Gasteiger partial charge in [-0.25, -0.2) is 4.39 Å². The molecule has 0 saturated carbocycles. The fourth-order valence-electron chi connectivity index (χ4n) is 2.03. The summed E-state index contributed by atoms with van der Waals surface area (Å²) in [5.41, 5.74) is -0.0213. The Morgan fingerprint density at radius 1 is 1.30 bits per heavy atom. The lowest BCUT2D eigenvalue weighted by atomic mass is 9.78. The van der Waals surface area contributed by atoms with E-state index in [4.69, 9.17) is 14.6 Å². The Balaban J connectivity index is 2.43. The molecule has 1 unspecified atom stereocenters. The van der Waals surface area contributed by atoms with Gasteiger partial charge in [-0.05, 0) is 46.2 Å². The molecule has 1 aliphatic heterocycles. The zero-order valence-corrected chi connectivity index (χ0v) is 12.4. The molecule has 0 N–H and O–H groups in total. The molecule has 20 heavy (non-hydrogen) atoms. The number of nitrogens with zero attached hydrogens (tertiary/aromatic N) is 2. The van der Waals surface area contributed by atoms with Crippen molar-refractivity contribution in [3.8, 4) is 6.07 Å². The van der Waals surface area contributed by atoms with E-state index in [1.807, 2.05) is 27.7 Å². The highest BCUT2D eigenvalue weighted by Gasteiger charge is 2.53. The monoisotopic (exact) mass is 276 g/mol. The molecule has 2 heterocycles. The molecular weight excluding hydrogens is 258 g/mol. The predicted octanol–water partition coefficient (Wildman–Crippen LogP) is 2.15. The van der Waals surface area contributed by atoms with Crippen molar-refractivity contribution < 1.29 is 13.7 Å². The minimum Gasteiger partial charge on any atom is -0.398 e. The summed E-state index contributed by atoms with van der Waals surface area (Å²) in [6.45, 7) is 9.44. The molecule has 4 nitrogen and oxygen atoms in total. The summed E-state index contributed by atoms with van der Waals surface area (Å²) < 4.78 is 25.2. The first-order valence-corrected chi connectivity index (χ1v) is 6.58. The minimum atomic E-state index is -0.689. The van der Waals surface area contributed by atoms with Crippen molar-refractivity contribution in [2.24, 2.45) is 0 Å². The lowest BCUT2D eigenvalue weighted by molar-refractivity contribution is 0.00578. The lowest BCUT2D eigenvalue weighted by Crippen LogP contribution is -2.41. The van der Waals surface area contributed by atoms with Crippen molar-refractivity contribution in [1.82, 2.24) is 4.98 Å². The normalized spacial score (nSPS) is 21.6. The van der Waals surface area contributed by atoms with Crippen molar-refractivity contribution in [3.05, 3.63) is 23.6 Å². The van der Waals surface area contributed by atoms with Crippen LogP contribution in [-0.4, -0.2) is 23.3 Å². The van der Waals surface area contributed by atoms with Gasteiger partial charge in [0.1, 0.15) is 5.82 Å². The molecule has 1 aliphatic rings. The Kier molecular flexibility index (Phi) is 3.61. The molecule has 0 aromatic carbocycles. The van der Waals surface area contributed by atoms with Crippen LogP contribution in [0.5, 0.6) is 0 Å². The van der Waals surface area contributed by atoms with Gasteiger partial charge in [0.25, 0.3) is 0 Å². The summed E-state index contributed by atoms with van der Waals surface area (Å²) in [5, 5.41) is 9.07. The second-order valence-corrected chi connectivity index (χ2v) is 6.07. The van der Waals surface area contributed by atoms with Crippen molar-refractivity contribution in [3.63, 3.8) is 0 Å². The van der Waals surface area contributed by atoms with Crippen molar-refractivity contribution in [2.45, 2.75) is 51.7 Å². The Morgan fingerprint density at radius 2 is 1.85 bits per heavy atom. The van der Waals surface area contributed by atoms with Gasteiger partial charge < -0.3 is 9.31 Å². The van der Waals surface area contributed by atoms with Crippen LogP contribution in [0.4, 0.5) is 4.39 Å². The largest absolute Gasteiger partial charge is 0.514 e. The van der Waals surface area contributed by atoms with E-state index in [1.54, 1.807) is 6.92 Å². The maximum atomic E-state index is 13.4. The van der Waals surface area contributed by atoms with Gasteiger partial charge in [-0.2, -0.15) is 5.26 Å². The maximum Gasteiger partial charge on any atom is 0.514 e. The number of aromatic nitrogens is 1. The maximum absolute atomic E-state index is 13.4. The number of rotatable bonds is 2. The van der Waals surface area contributed by atoms with Crippen LogP contribution in [0.1, 0.15) is 46.1 Å². The zero-order valence-electron chi connectivity index (χ0n) is 12.4. The Labute approximate surface area is 119 Å². The van der Waals surface area contributed by atoms with Gasteiger partial charge in [-0.1, -0.05) is 0 Å². The fourth-order valence-corrected chi connectivity index (χ4v) is 2.03. The Hall–Kier alpha value is -1.45. The van der Waals surface area contributed by atoms with E-state index >= 15 is 0 Å². The van der Waals surface area contributed by atoms with E-state index in [-0.39, 0.29) is 0 Å². The van der Waals surface area contributed by atoms with Crippen LogP contribution in [0.15, 0.2) is 12.3 Å². The summed E-state index contributed by atoms with van der Waals surface area (Å²) in [4.78, 5) is 4.08. The summed E-state index contributed by atoms with van der Waals surface area (Å²) >= 11 is 0. The van der Waals surface area contributed by atoms with Crippen LogP contribution < -0.4 is 5.59 Å². The summed E-state index contributed by atoms with van der Waals surface area (Å²) in [7, 11) is -0.689. The third-order valence-corrected chi connectivity index (χ3v) is 4.05. The van der Waals surface area contributed by atoms with Gasteiger partial charge in [0.05, 0.1) is 35.0 Å². The molecule has 6 heteroatoms. The molecule has 2 rings (SSSR count). The van der Waals surface area contributed by atoms with Gasteiger partial charge in [-0.3, -0.25) is 4.98 Å². The highest BCUT2D eigenvalue weighted by atomic mass is 19.1. The predicted molar refractivity (Wildman–Crippen MR) is 73.9 cm³/mol. The molecule has 0 spiro atoms. The van der Waals surface area contributed by atoms with Crippen LogP contribution in [0.3, 0.4) is 0 Å². The first-order valence-electron chi connectivity index (χ1n) is 6.58. The van der Waals surface area contributed by atoms with Crippen molar-refractivity contribution >= 4 is 12.7 Å². The second-order valence-electron chi connectivity index (χ2n) is 6.07. The molecule has 0 aliphatic carbocycles. The summed E-state index contributed by atoms with van der Waals surface area (Å²) in [6.07, 6.45) is 1.12. The molecule has 1 saturated heterocycles. The SMILES string of the molecule is CC(C#N)c1cc(F)cnc1B1OC(C)(C)C(C)(C)O1. The van der Waals surface area contributed by atoms with E-state index < -0.39 is 30.1 Å². The first-order chi connectivity index (χ1) is 9.18. The van der Waals surface area contributed by atoms with Gasteiger partial charge in [0, 0.05) is 0 Å². The summed E-state index contributed by atoms with van der Waals surface area (Å²) in [5.74, 6) is -0.949. The van der Waals surface area contributed by atoms with Gasteiger partial charge in [0.2, 0.25) is 0 Å². The van der Waals surface area contributed by atoms with E-state index in [9.17, 15) is 4.39 Å². The standard InChI is InChI=1S/C14H18BFN2O2/c1-9(7-17)11-6-10(16)8-18-12(11)15-19-13(2,3)14(4,5)20-15/h6,8-9H,1-5H3. The highest BCUT2D eigenvalue weighted by Crippen LogP contribution is 2.36. The van der Waals surface area contributed by atoms with Crippen LogP contribution >= 0.6 is 0 Å². The third-order valence-electron chi connectivity index (χ3n) is 4.05. The molecule has 106 valence electrons. The number of halogens is 1. The Bertz CT molecular complexity index is 553. The molecule has 1 atom stereocenters. The number of hydrogen-bond donors (Lipinski definition) is 0. The fraction of sp³-hybridized carbons (Fsp3) is 0.571. The van der Waals surface area contributed by atoms with Crippen LogP contribution in [0.25, 0.3) is 0 Å². The van der Waals surface area contributed by atoms with E-state index in [1.165, 1.54) is 6.07 Å². The van der Waals surface area contributed by atoms with Gasteiger partial charge in [-0.15, -0.1) is 0 Å². The molecular formula is C14H18BFN2O2. The molecule has 1 fully saturated rings. The van der Waals surface area contributed by atoms with E-state index in [2.05, 4.69) is 11.1 Å². The molecule has 0 bridgehead atoms. The van der Waals surface area contributed by atoms with Gasteiger partial charge in [0.15, 0.2) is 0 Å². The smallest absolute Gasteiger partial charge is 0.398 e. The summed E-state index contributed by atoms with van der Waals surface area (Å²) in [6, 6.07) is 3.42. The molecule has 1 aromatic rings. The zero-order chi connectivity index (χ0) is 15.1. The third kappa shape index (κ3) is 2.44. The van der Waals surface area contributed by atoms with Crippen molar-refractivity contribution in [2.75, 3.05) is 0 Å². The lowest BCUT2D eigenvalue weighted by Gasteiger charge is -2.32. The van der Waals surface area contributed by atoms with E-state index in [0.29, 0.717) is 11.2 Å². The van der Waals surface area contributed by atoms with Crippen LogP contribution in [0.2, 0.25) is 0 Å². The van der Waals surface area contributed by atoms with Crippen LogP contribution in [-0.2, 0) is 9.31 Å².